The summed E-state index contributed by atoms with van der Waals surface area (Å²) in [5.74, 6) is 1.23. The number of allylic oxidation sites excluding steroid dienone is 3. The first-order valence-corrected chi connectivity index (χ1v) is 11.7. The van der Waals surface area contributed by atoms with E-state index in [1.807, 2.05) is 12.1 Å². The number of carbonyl (C=O) groups excluding carboxylic acids is 2. The number of aryl methyl sites for hydroxylation is 2. The molecular weight excluding hydrogens is 386 g/mol. The molecule has 0 radical (unpaired) electrons. The van der Waals surface area contributed by atoms with E-state index in [2.05, 4.69) is 31.2 Å². The van der Waals surface area contributed by atoms with Crippen molar-refractivity contribution in [3.8, 4) is 0 Å². The van der Waals surface area contributed by atoms with Crippen LogP contribution in [0.5, 0.6) is 0 Å². The second-order valence-corrected chi connectivity index (χ2v) is 9.55. The number of nitrogens with zero attached hydrogens (tertiary/aromatic N) is 1. The Labute approximate surface area is 187 Å². The molecule has 0 heterocycles. The van der Waals surface area contributed by atoms with Gasteiger partial charge in [0, 0.05) is 32.9 Å². The maximum absolute atomic E-state index is 12.4. The van der Waals surface area contributed by atoms with Gasteiger partial charge in [0.2, 0.25) is 5.91 Å². The molecule has 1 fully saturated rings. The SMILES string of the molecule is Cc1cccc(CCC(=O)/C=C/[C@@H]2[C@H]3CC(CCCCC(=O)N(C)C)=C[C@H]3C[C@H]2O)c1. The average Bonchev–Trinajstić information content (AvgIpc) is 3.24. The zero-order valence-electron chi connectivity index (χ0n) is 19.2. The fraction of sp³-hybridized carbons (Fsp3) is 0.556. The molecule has 4 atom stereocenters. The van der Waals surface area contributed by atoms with Crippen LogP contribution in [0.1, 0.15) is 56.1 Å². The Kier molecular flexibility index (Phi) is 8.25. The van der Waals surface area contributed by atoms with Gasteiger partial charge < -0.3 is 10.0 Å². The van der Waals surface area contributed by atoms with Gasteiger partial charge in [-0.05, 0) is 68.9 Å². The van der Waals surface area contributed by atoms with Gasteiger partial charge in [0.25, 0.3) is 0 Å². The van der Waals surface area contributed by atoms with Gasteiger partial charge in [0.15, 0.2) is 5.78 Å². The highest BCUT2D eigenvalue weighted by molar-refractivity contribution is 5.89. The van der Waals surface area contributed by atoms with Gasteiger partial charge in [0.05, 0.1) is 6.10 Å². The zero-order valence-corrected chi connectivity index (χ0v) is 19.2. The highest BCUT2D eigenvalue weighted by Gasteiger charge is 2.43. The van der Waals surface area contributed by atoms with Crippen molar-refractivity contribution in [3.63, 3.8) is 0 Å². The standard InChI is InChI=1S/C27H37NO3/c1-19-7-6-9-20(15-19)11-12-23(29)13-14-24-25-17-21(16-22(25)18-26(24)30)8-4-5-10-27(31)28(2)3/h6-7,9,13-16,22,24-26,30H,4-5,8,10-12,17-18H2,1-3H3/b14-13+/t22-,24+,25-,26+/m0/s1. The molecule has 1 aromatic rings. The number of carbonyl (C=O) groups is 2. The van der Waals surface area contributed by atoms with Gasteiger partial charge in [0.1, 0.15) is 0 Å². The minimum Gasteiger partial charge on any atom is -0.392 e. The molecule has 2 aliphatic carbocycles. The molecule has 1 saturated carbocycles. The number of rotatable bonds is 10. The fourth-order valence-electron chi connectivity index (χ4n) is 5.08. The Morgan fingerprint density at radius 3 is 2.71 bits per heavy atom. The number of fused-ring (bicyclic) bond motifs is 1. The van der Waals surface area contributed by atoms with E-state index in [1.165, 1.54) is 16.7 Å². The monoisotopic (exact) mass is 423 g/mol. The second-order valence-electron chi connectivity index (χ2n) is 9.55. The van der Waals surface area contributed by atoms with E-state index in [0.717, 1.165) is 38.5 Å². The van der Waals surface area contributed by atoms with Crippen molar-refractivity contribution in [1.29, 1.82) is 0 Å². The Morgan fingerprint density at radius 1 is 1.16 bits per heavy atom. The number of amides is 1. The predicted octanol–water partition coefficient (Wildman–Crippen LogP) is 4.64. The minimum absolute atomic E-state index is 0.0667. The third-order valence-electron chi connectivity index (χ3n) is 6.83. The third-order valence-corrected chi connectivity index (χ3v) is 6.83. The highest BCUT2D eigenvalue weighted by Crippen LogP contribution is 2.48. The van der Waals surface area contributed by atoms with Gasteiger partial charge in [-0.25, -0.2) is 0 Å². The largest absolute Gasteiger partial charge is 0.392 e. The van der Waals surface area contributed by atoms with Crippen LogP contribution in [0.15, 0.2) is 48.1 Å². The first-order chi connectivity index (χ1) is 14.8. The predicted molar refractivity (Wildman–Crippen MR) is 125 cm³/mol. The fourth-order valence-corrected chi connectivity index (χ4v) is 5.08. The molecule has 168 valence electrons. The summed E-state index contributed by atoms with van der Waals surface area (Å²) in [6.07, 6.45) is 12.3. The lowest BCUT2D eigenvalue weighted by atomic mass is 9.88. The summed E-state index contributed by atoms with van der Waals surface area (Å²) in [5.41, 5.74) is 3.87. The Balaban J connectivity index is 1.44. The van der Waals surface area contributed by atoms with Crippen molar-refractivity contribution < 1.29 is 14.7 Å². The van der Waals surface area contributed by atoms with Crippen molar-refractivity contribution >= 4 is 11.7 Å². The first-order valence-electron chi connectivity index (χ1n) is 11.7. The van der Waals surface area contributed by atoms with Crippen LogP contribution in [0.2, 0.25) is 0 Å². The molecule has 1 amide bonds. The number of aliphatic hydroxyl groups is 1. The van der Waals surface area contributed by atoms with Crippen LogP contribution in [0.4, 0.5) is 0 Å². The lowest BCUT2D eigenvalue weighted by Gasteiger charge is -2.18. The van der Waals surface area contributed by atoms with Crippen LogP contribution in [-0.2, 0) is 16.0 Å². The van der Waals surface area contributed by atoms with E-state index in [-0.39, 0.29) is 23.7 Å². The third kappa shape index (κ3) is 6.64. The van der Waals surface area contributed by atoms with Gasteiger partial charge in [-0.3, -0.25) is 9.59 Å². The van der Waals surface area contributed by atoms with E-state index in [4.69, 9.17) is 0 Å². The number of unbranched alkanes of at least 4 members (excludes halogenated alkanes) is 1. The highest BCUT2D eigenvalue weighted by atomic mass is 16.3. The summed E-state index contributed by atoms with van der Waals surface area (Å²) in [6, 6.07) is 8.29. The maximum Gasteiger partial charge on any atom is 0.222 e. The molecule has 3 rings (SSSR count). The van der Waals surface area contributed by atoms with E-state index >= 15 is 0 Å². The number of benzene rings is 1. The summed E-state index contributed by atoms with van der Waals surface area (Å²) < 4.78 is 0. The van der Waals surface area contributed by atoms with Crippen LogP contribution in [0.25, 0.3) is 0 Å². The van der Waals surface area contributed by atoms with Gasteiger partial charge in [-0.1, -0.05) is 47.6 Å². The molecule has 0 aliphatic heterocycles. The quantitative estimate of drug-likeness (QED) is 0.339. The number of aliphatic hydroxyl groups excluding tert-OH is 1. The molecule has 31 heavy (non-hydrogen) atoms. The molecule has 0 bridgehead atoms. The summed E-state index contributed by atoms with van der Waals surface area (Å²) in [6.45, 7) is 2.07. The molecule has 0 saturated heterocycles. The minimum atomic E-state index is -0.355. The Bertz CT molecular complexity index is 839. The summed E-state index contributed by atoms with van der Waals surface area (Å²) in [4.78, 5) is 25.7. The van der Waals surface area contributed by atoms with Crippen molar-refractivity contribution in [2.24, 2.45) is 17.8 Å². The smallest absolute Gasteiger partial charge is 0.222 e. The van der Waals surface area contributed by atoms with Crippen LogP contribution in [0, 0.1) is 24.7 Å². The summed E-state index contributed by atoms with van der Waals surface area (Å²) in [7, 11) is 3.60. The van der Waals surface area contributed by atoms with Crippen molar-refractivity contribution in [1.82, 2.24) is 4.90 Å². The van der Waals surface area contributed by atoms with Gasteiger partial charge >= 0.3 is 0 Å². The Hall–Kier alpha value is -2.20. The van der Waals surface area contributed by atoms with E-state index in [9.17, 15) is 14.7 Å². The lowest BCUT2D eigenvalue weighted by molar-refractivity contribution is -0.128. The van der Waals surface area contributed by atoms with Crippen molar-refractivity contribution in [3.05, 3.63) is 59.2 Å². The van der Waals surface area contributed by atoms with Crippen molar-refractivity contribution in [2.75, 3.05) is 14.1 Å². The van der Waals surface area contributed by atoms with E-state index in [0.29, 0.717) is 24.7 Å². The van der Waals surface area contributed by atoms with Crippen LogP contribution < -0.4 is 0 Å². The van der Waals surface area contributed by atoms with Crippen LogP contribution in [0.3, 0.4) is 0 Å². The second kappa shape index (κ2) is 10.9. The average molecular weight is 424 g/mol. The molecule has 2 aliphatic rings. The van der Waals surface area contributed by atoms with Crippen LogP contribution in [-0.4, -0.2) is 41.9 Å². The van der Waals surface area contributed by atoms with Crippen LogP contribution >= 0.6 is 0 Å². The molecular formula is C27H37NO3. The number of hydrogen-bond donors (Lipinski definition) is 1. The van der Waals surface area contributed by atoms with Gasteiger partial charge in [-0.2, -0.15) is 0 Å². The first kappa shape index (κ1) is 23.5. The normalized spacial score (nSPS) is 25.0. The molecule has 4 nitrogen and oxygen atoms in total. The lowest BCUT2D eigenvalue weighted by Crippen LogP contribution is -2.21. The molecule has 0 aromatic heterocycles. The zero-order chi connectivity index (χ0) is 22.4. The van der Waals surface area contributed by atoms with E-state index in [1.54, 1.807) is 25.1 Å². The number of hydrogen-bond acceptors (Lipinski definition) is 3. The van der Waals surface area contributed by atoms with Gasteiger partial charge in [-0.15, -0.1) is 0 Å². The molecule has 0 spiro atoms. The van der Waals surface area contributed by atoms with Crippen molar-refractivity contribution in [2.45, 2.75) is 64.4 Å². The Morgan fingerprint density at radius 2 is 1.97 bits per heavy atom. The molecule has 1 aromatic carbocycles. The van der Waals surface area contributed by atoms with E-state index < -0.39 is 0 Å². The molecule has 0 unspecified atom stereocenters. The molecule has 1 N–H and O–H groups in total. The number of ketones is 1. The summed E-state index contributed by atoms with van der Waals surface area (Å²) in [5, 5.41) is 10.5. The maximum atomic E-state index is 12.4. The topological polar surface area (TPSA) is 57.6 Å². The molecule has 4 heteroatoms. The summed E-state index contributed by atoms with van der Waals surface area (Å²) >= 11 is 0.